The minimum absolute atomic E-state index is 0.0133. The smallest absolute Gasteiger partial charge is 0.0343 e. The Balaban J connectivity index is 2.93. The van der Waals surface area contributed by atoms with Crippen molar-refractivity contribution in [3.63, 3.8) is 0 Å². The summed E-state index contributed by atoms with van der Waals surface area (Å²) in [5.74, 6) is 0. The van der Waals surface area contributed by atoms with Gasteiger partial charge in [-0.25, -0.2) is 0 Å². The van der Waals surface area contributed by atoms with Crippen LogP contribution >= 0.6 is 31.9 Å². The molecule has 0 spiro atoms. The van der Waals surface area contributed by atoms with Crippen LogP contribution in [0.1, 0.15) is 24.9 Å². The predicted molar refractivity (Wildman–Crippen MR) is 68.2 cm³/mol. The second-order valence-corrected chi connectivity index (χ2v) is 5.20. The fourth-order valence-corrected chi connectivity index (χ4v) is 2.20. The molecule has 1 aromatic rings. The van der Waals surface area contributed by atoms with Crippen LogP contribution in [0.4, 0.5) is 0 Å². The van der Waals surface area contributed by atoms with Crippen LogP contribution in [-0.4, -0.2) is 0 Å². The van der Waals surface area contributed by atoms with E-state index in [1.54, 1.807) is 0 Å². The molecule has 76 valence electrons. The predicted octanol–water partition coefficient (Wildman–Crippen LogP) is 4.18. The molecule has 0 saturated carbocycles. The molecule has 0 aromatic heterocycles. The third-order valence-corrected chi connectivity index (χ3v) is 3.14. The molecule has 3 heteroatoms. The highest BCUT2D eigenvalue weighted by Crippen LogP contribution is 2.28. The lowest BCUT2D eigenvalue weighted by molar-refractivity contribution is 0.713. The highest BCUT2D eigenvalue weighted by Gasteiger charge is 2.10. The molecule has 0 aliphatic carbocycles. The van der Waals surface area contributed by atoms with Gasteiger partial charge in [-0.3, -0.25) is 0 Å². The summed E-state index contributed by atoms with van der Waals surface area (Å²) in [5.41, 5.74) is 8.27. The van der Waals surface area contributed by atoms with Crippen molar-refractivity contribution in [1.29, 1.82) is 0 Å². The van der Waals surface area contributed by atoms with E-state index < -0.39 is 0 Å². The molecule has 0 unspecified atom stereocenters. The third-order valence-electron chi connectivity index (χ3n) is 1.93. The molecule has 2 N–H and O–H groups in total. The number of benzene rings is 1. The van der Waals surface area contributed by atoms with Crippen LogP contribution in [0.3, 0.4) is 0 Å². The van der Waals surface area contributed by atoms with Gasteiger partial charge in [0, 0.05) is 15.0 Å². The van der Waals surface area contributed by atoms with E-state index >= 15 is 0 Å². The molecule has 1 nitrogen and oxygen atoms in total. The maximum atomic E-state index is 6.05. The molecule has 0 fully saturated rings. The van der Waals surface area contributed by atoms with Crippen molar-refractivity contribution in [2.24, 2.45) is 5.73 Å². The molecule has 0 aliphatic rings. The maximum Gasteiger partial charge on any atom is 0.0343 e. The molecule has 0 saturated heterocycles. The largest absolute Gasteiger partial charge is 0.324 e. The van der Waals surface area contributed by atoms with Crippen LogP contribution in [0.15, 0.2) is 39.3 Å². The lowest BCUT2D eigenvalue weighted by Gasteiger charge is -2.14. The van der Waals surface area contributed by atoms with E-state index in [1.165, 1.54) is 0 Å². The van der Waals surface area contributed by atoms with Gasteiger partial charge in [0.05, 0.1) is 0 Å². The van der Waals surface area contributed by atoms with Gasteiger partial charge in [0.1, 0.15) is 0 Å². The molecule has 1 aromatic carbocycles. The highest BCUT2D eigenvalue weighted by molar-refractivity contribution is 9.11. The Morgan fingerprint density at radius 2 is 2.14 bits per heavy atom. The zero-order valence-electron chi connectivity index (χ0n) is 8.06. The summed E-state index contributed by atoms with van der Waals surface area (Å²) >= 11 is 6.92. The van der Waals surface area contributed by atoms with Crippen molar-refractivity contribution in [3.8, 4) is 0 Å². The van der Waals surface area contributed by atoms with Crippen molar-refractivity contribution in [1.82, 2.24) is 0 Å². The second kappa shape index (κ2) is 5.10. The molecule has 0 bridgehead atoms. The van der Waals surface area contributed by atoms with Crippen LogP contribution in [0, 0.1) is 0 Å². The van der Waals surface area contributed by atoms with Crippen molar-refractivity contribution >= 4 is 31.9 Å². The van der Waals surface area contributed by atoms with Gasteiger partial charge in [0.15, 0.2) is 0 Å². The van der Waals surface area contributed by atoms with E-state index in [4.69, 9.17) is 5.73 Å². The fourth-order valence-electron chi connectivity index (χ4n) is 1.28. The molecule has 1 rings (SSSR count). The molecule has 0 amide bonds. The molecule has 0 radical (unpaired) electrons. The average Bonchev–Trinajstić information content (AvgIpc) is 2.08. The first-order chi connectivity index (χ1) is 6.50. The normalized spacial score (nSPS) is 12.6. The van der Waals surface area contributed by atoms with Gasteiger partial charge in [0.25, 0.3) is 0 Å². The summed E-state index contributed by atoms with van der Waals surface area (Å²) in [6, 6.07) is 6.04. The van der Waals surface area contributed by atoms with E-state index in [0.717, 1.165) is 26.5 Å². The Morgan fingerprint density at radius 1 is 1.50 bits per heavy atom. The number of halogens is 2. The fraction of sp³-hybridized carbons (Fsp3) is 0.273. The van der Waals surface area contributed by atoms with E-state index in [2.05, 4.69) is 38.4 Å². The van der Waals surface area contributed by atoms with Gasteiger partial charge in [-0.15, -0.1) is 6.58 Å². The molecule has 0 heterocycles. The van der Waals surface area contributed by atoms with Crippen molar-refractivity contribution in [3.05, 3.63) is 44.9 Å². The van der Waals surface area contributed by atoms with Gasteiger partial charge in [0.2, 0.25) is 0 Å². The van der Waals surface area contributed by atoms with Gasteiger partial charge < -0.3 is 5.73 Å². The minimum atomic E-state index is 0.0133. The zero-order valence-corrected chi connectivity index (χ0v) is 11.2. The first-order valence-corrected chi connectivity index (χ1v) is 5.94. The number of hydrogen-bond acceptors (Lipinski definition) is 1. The van der Waals surface area contributed by atoms with Crippen LogP contribution in [0.25, 0.3) is 0 Å². The topological polar surface area (TPSA) is 26.0 Å². The molecular formula is C11H13Br2N. The molecule has 0 aliphatic heterocycles. The van der Waals surface area contributed by atoms with Gasteiger partial charge >= 0.3 is 0 Å². The molecule has 1 atom stereocenters. The van der Waals surface area contributed by atoms with E-state index in [9.17, 15) is 0 Å². The first-order valence-electron chi connectivity index (χ1n) is 4.35. The Morgan fingerprint density at radius 3 is 2.71 bits per heavy atom. The number of rotatable bonds is 3. The van der Waals surface area contributed by atoms with Crippen LogP contribution < -0.4 is 5.73 Å². The minimum Gasteiger partial charge on any atom is -0.324 e. The Bertz CT molecular complexity index is 347. The number of nitrogens with two attached hydrogens (primary N) is 1. The van der Waals surface area contributed by atoms with Crippen molar-refractivity contribution in [2.75, 3.05) is 0 Å². The summed E-state index contributed by atoms with van der Waals surface area (Å²) in [6.07, 6.45) is 0.815. The molecular weight excluding hydrogens is 306 g/mol. The van der Waals surface area contributed by atoms with Gasteiger partial charge in [-0.05, 0) is 37.1 Å². The van der Waals surface area contributed by atoms with Gasteiger partial charge in [-0.1, -0.05) is 37.4 Å². The third kappa shape index (κ3) is 3.23. The second-order valence-electron chi connectivity index (χ2n) is 3.43. The summed E-state index contributed by atoms with van der Waals surface area (Å²) < 4.78 is 2.10. The van der Waals surface area contributed by atoms with Crippen LogP contribution in [0.5, 0.6) is 0 Å². The van der Waals surface area contributed by atoms with E-state index in [-0.39, 0.29) is 6.04 Å². The highest BCUT2D eigenvalue weighted by atomic mass is 79.9. The lowest BCUT2D eigenvalue weighted by Crippen LogP contribution is -2.11. The average molecular weight is 319 g/mol. The number of hydrogen-bond donors (Lipinski definition) is 1. The summed E-state index contributed by atoms with van der Waals surface area (Å²) in [4.78, 5) is 0. The summed E-state index contributed by atoms with van der Waals surface area (Å²) in [5, 5.41) is 0. The lowest BCUT2D eigenvalue weighted by atomic mass is 10.0. The quantitative estimate of drug-likeness (QED) is 0.831. The summed E-state index contributed by atoms with van der Waals surface area (Å²) in [6.45, 7) is 5.86. The van der Waals surface area contributed by atoms with E-state index in [0.29, 0.717) is 0 Å². The standard InChI is InChI=1S/C11H13Br2N/c1-7(2)5-11(14)9-6-8(12)3-4-10(9)13/h3-4,6,11H,1,5,14H2,2H3/t11-/m1/s1. The van der Waals surface area contributed by atoms with Crippen LogP contribution in [-0.2, 0) is 0 Å². The maximum absolute atomic E-state index is 6.05. The SMILES string of the molecule is C=C(C)C[C@@H](N)c1cc(Br)ccc1Br. The van der Waals surface area contributed by atoms with Gasteiger partial charge in [-0.2, -0.15) is 0 Å². The van der Waals surface area contributed by atoms with Crippen molar-refractivity contribution < 1.29 is 0 Å². The Hall–Kier alpha value is -0.120. The monoisotopic (exact) mass is 317 g/mol. The Kier molecular flexibility index (Phi) is 4.35. The molecule has 14 heavy (non-hydrogen) atoms. The zero-order chi connectivity index (χ0) is 10.7. The van der Waals surface area contributed by atoms with Crippen molar-refractivity contribution in [2.45, 2.75) is 19.4 Å². The Labute approximate surface area is 102 Å². The summed E-state index contributed by atoms with van der Waals surface area (Å²) in [7, 11) is 0. The first kappa shape index (κ1) is 12.0. The van der Waals surface area contributed by atoms with E-state index in [1.807, 2.05) is 25.1 Å². The van der Waals surface area contributed by atoms with Crippen LogP contribution in [0.2, 0.25) is 0 Å².